The average molecular weight is 458 g/mol. The van der Waals surface area contributed by atoms with E-state index in [9.17, 15) is 10.1 Å². The van der Waals surface area contributed by atoms with Gasteiger partial charge in [-0.3, -0.25) is 0 Å². The third-order valence-electron chi connectivity index (χ3n) is 4.84. The number of benzene rings is 2. The van der Waals surface area contributed by atoms with Crippen molar-refractivity contribution in [2.45, 2.75) is 33.1 Å². The summed E-state index contributed by atoms with van der Waals surface area (Å²) in [4.78, 5) is 11.8. The molecule has 0 aliphatic carbocycles. The van der Waals surface area contributed by atoms with Gasteiger partial charge in [0.15, 0.2) is 11.5 Å². The topological polar surface area (TPSA) is 77.8 Å². The van der Waals surface area contributed by atoms with Gasteiger partial charge in [-0.2, -0.15) is 5.26 Å². The van der Waals surface area contributed by atoms with Crippen molar-refractivity contribution in [1.29, 1.82) is 5.26 Å². The van der Waals surface area contributed by atoms with Crippen LogP contribution in [0.15, 0.2) is 42.0 Å². The van der Waals surface area contributed by atoms with Crippen molar-refractivity contribution in [3.8, 4) is 23.3 Å². The Labute approximate surface area is 194 Å². The summed E-state index contributed by atoms with van der Waals surface area (Å²) < 4.78 is 21.8. The molecule has 0 saturated heterocycles. The van der Waals surface area contributed by atoms with Crippen LogP contribution in [0.2, 0.25) is 5.02 Å². The SMILES string of the molecule is CCOC(=O)/C(C#N)=C/c1cc(Cl)c(OCCOc2ccc([C@@H](C)CC)cc2)c(OC)c1. The summed E-state index contributed by atoms with van der Waals surface area (Å²) in [5.74, 6) is 1.32. The second-order valence-corrected chi connectivity index (χ2v) is 7.41. The molecular weight excluding hydrogens is 430 g/mol. The number of methoxy groups -OCH3 is 1. The van der Waals surface area contributed by atoms with Crippen LogP contribution in [-0.2, 0) is 9.53 Å². The number of esters is 1. The van der Waals surface area contributed by atoms with Gasteiger partial charge in [0.1, 0.15) is 30.6 Å². The number of nitrogens with zero attached hydrogens (tertiary/aromatic N) is 1. The third-order valence-corrected chi connectivity index (χ3v) is 5.12. The Hall–Kier alpha value is -3.17. The molecule has 0 fully saturated rings. The molecule has 1 atom stereocenters. The molecule has 0 saturated carbocycles. The van der Waals surface area contributed by atoms with Gasteiger partial charge < -0.3 is 18.9 Å². The molecule has 0 radical (unpaired) electrons. The highest BCUT2D eigenvalue weighted by molar-refractivity contribution is 6.32. The standard InChI is InChI=1S/C25H28ClNO5/c1-5-17(3)19-7-9-21(10-8-19)31-11-12-32-24-22(26)14-18(15-23(24)29-4)13-20(16-27)25(28)30-6-2/h7-10,13-15,17H,5-6,11-12H2,1-4H3/b20-13+/t17-/m0/s1. The van der Waals surface area contributed by atoms with Crippen molar-refractivity contribution >= 4 is 23.6 Å². The highest BCUT2D eigenvalue weighted by Crippen LogP contribution is 2.37. The van der Waals surface area contributed by atoms with Crippen molar-refractivity contribution in [3.05, 3.63) is 58.1 Å². The Morgan fingerprint density at radius 2 is 1.84 bits per heavy atom. The van der Waals surface area contributed by atoms with E-state index in [1.807, 2.05) is 18.2 Å². The molecule has 6 nitrogen and oxygen atoms in total. The molecule has 0 amide bonds. The zero-order chi connectivity index (χ0) is 23.5. The Morgan fingerprint density at radius 3 is 2.44 bits per heavy atom. The molecule has 2 aromatic carbocycles. The molecule has 0 bridgehead atoms. The van der Waals surface area contributed by atoms with Crippen molar-refractivity contribution in [1.82, 2.24) is 0 Å². The first-order valence-corrected chi connectivity index (χ1v) is 10.8. The Bertz CT molecular complexity index is 979. The minimum Gasteiger partial charge on any atom is -0.493 e. The van der Waals surface area contributed by atoms with E-state index >= 15 is 0 Å². The first-order chi connectivity index (χ1) is 15.4. The predicted molar refractivity (Wildman–Crippen MR) is 124 cm³/mol. The van der Waals surface area contributed by atoms with Crippen LogP contribution in [0, 0.1) is 11.3 Å². The lowest BCUT2D eigenvalue weighted by atomic mass is 9.99. The number of hydrogen-bond donors (Lipinski definition) is 0. The molecule has 0 aromatic heterocycles. The molecule has 0 heterocycles. The van der Waals surface area contributed by atoms with Crippen LogP contribution in [0.1, 0.15) is 44.2 Å². The van der Waals surface area contributed by atoms with Crippen LogP contribution in [0.25, 0.3) is 6.08 Å². The molecule has 0 aliphatic heterocycles. The molecule has 0 unspecified atom stereocenters. The number of rotatable bonds is 11. The summed E-state index contributed by atoms with van der Waals surface area (Å²) >= 11 is 6.36. The summed E-state index contributed by atoms with van der Waals surface area (Å²) in [5, 5.41) is 9.49. The smallest absolute Gasteiger partial charge is 0.348 e. The maximum absolute atomic E-state index is 11.8. The maximum Gasteiger partial charge on any atom is 0.348 e. The van der Waals surface area contributed by atoms with Gasteiger partial charge in [-0.05, 0) is 60.7 Å². The molecular formula is C25H28ClNO5. The van der Waals surface area contributed by atoms with Gasteiger partial charge in [-0.1, -0.05) is 37.6 Å². The fourth-order valence-corrected chi connectivity index (χ4v) is 3.18. The van der Waals surface area contributed by atoms with E-state index in [2.05, 4.69) is 26.0 Å². The van der Waals surface area contributed by atoms with Crippen LogP contribution < -0.4 is 14.2 Å². The largest absolute Gasteiger partial charge is 0.493 e. The highest BCUT2D eigenvalue weighted by Gasteiger charge is 2.15. The fraction of sp³-hybridized carbons (Fsp3) is 0.360. The van der Waals surface area contributed by atoms with E-state index in [-0.39, 0.29) is 23.8 Å². The van der Waals surface area contributed by atoms with Crippen molar-refractivity contribution in [2.75, 3.05) is 26.9 Å². The number of nitriles is 1. The van der Waals surface area contributed by atoms with Gasteiger partial charge in [0.25, 0.3) is 0 Å². The van der Waals surface area contributed by atoms with Gasteiger partial charge in [-0.15, -0.1) is 0 Å². The lowest BCUT2D eigenvalue weighted by Crippen LogP contribution is -2.10. The molecule has 2 rings (SSSR count). The zero-order valence-corrected chi connectivity index (χ0v) is 19.6. The van der Waals surface area contributed by atoms with E-state index in [0.29, 0.717) is 29.6 Å². The summed E-state index contributed by atoms with van der Waals surface area (Å²) in [7, 11) is 1.48. The molecule has 0 N–H and O–H groups in total. The summed E-state index contributed by atoms with van der Waals surface area (Å²) in [6.07, 6.45) is 2.48. The van der Waals surface area contributed by atoms with Crippen LogP contribution >= 0.6 is 11.6 Å². The van der Waals surface area contributed by atoms with Gasteiger partial charge in [0, 0.05) is 0 Å². The fourth-order valence-electron chi connectivity index (χ4n) is 2.91. The third kappa shape index (κ3) is 6.93. The lowest BCUT2D eigenvalue weighted by molar-refractivity contribution is -0.137. The Kier molecular flexibility index (Phi) is 9.90. The van der Waals surface area contributed by atoms with E-state index in [0.717, 1.165) is 12.2 Å². The van der Waals surface area contributed by atoms with Crippen LogP contribution in [0.3, 0.4) is 0 Å². The van der Waals surface area contributed by atoms with Crippen molar-refractivity contribution in [3.63, 3.8) is 0 Å². The molecule has 7 heteroatoms. The van der Waals surface area contributed by atoms with Gasteiger partial charge in [0.2, 0.25) is 0 Å². The molecule has 32 heavy (non-hydrogen) atoms. The van der Waals surface area contributed by atoms with E-state index in [1.165, 1.54) is 18.7 Å². The minimum absolute atomic E-state index is 0.133. The summed E-state index contributed by atoms with van der Waals surface area (Å²) in [5.41, 5.74) is 1.66. The van der Waals surface area contributed by atoms with E-state index < -0.39 is 5.97 Å². The maximum atomic E-state index is 11.8. The van der Waals surface area contributed by atoms with Crippen LogP contribution in [0.4, 0.5) is 0 Å². The van der Waals surface area contributed by atoms with Crippen molar-refractivity contribution in [2.24, 2.45) is 0 Å². The molecule has 0 aliphatic rings. The normalized spacial score (nSPS) is 11.9. The number of hydrogen-bond acceptors (Lipinski definition) is 6. The minimum atomic E-state index is -0.695. The predicted octanol–water partition coefficient (Wildman–Crippen LogP) is 5.79. The van der Waals surface area contributed by atoms with E-state index in [4.69, 9.17) is 30.5 Å². The zero-order valence-electron chi connectivity index (χ0n) is 18.8. The molecule has 0 spiro atoms. The summed E-state index contributed by atoms with van der Waals surface area (Å²) in [6, 6.07) is 13.1. The van der Waals surface area contributed by atoms with E-state index in [1.54, 1.807) is 19.1 Å². The summed E-state index contributed by atoms with van der Waals surface area (Å²) in [6.45, 7) is 6.79. The monoisotopic (exact) mass is 457 g/mol. The average Bonchev–Trinajstić information content (AvgIpc) is 2.80. The van der Waals surface area contributed by atoms with Crippen LogP contribution in [0.5, 0.6) is 17.2 Å². The first-order valence-electron chi connectivity index (χ1n) is 10.4. The first kappa shape index (κ1) is 25.1. The Morgan fingerprint density at radius 1 is 1.16 bits per heavy atom. The number of ether oxygens (including phenoxy) is 4. The Balaban J connectivity index is 2.03. The van der Waals surface area contributed by atoms with Crippen LogP contribution in [-0.4, -0.2) is 32.9 Å². The second-order valence-electron chi connectivity index (χ2n) is 7.00. The number of carbonyl (C=O) groups excluding carboxylic acids is 1. The lowest BCUT2D eigenvalue weighted by Gasteiger charge is -2.14. The van der Waals surface area contributed by atoms with Gasteiger partial charge in [-0.25, -0.2) is 4.79 Å². The van der Waals surface area contributed by atoms with Crippen molar-refractivity contribution < 1.29 is 23.7 Å². The highest BCUT2D eigenvalue weighted by atomic mass is 35.5. The molecule has 2 aromatic rings. The van der Waals surface area contributed by atoms with Gasteiger partial charge >= 0.3 is 5.97 Å². The van der Waals surface area contributed by atoms with Gasteiger partial charge in [0.05, 0.1) is 18.7 Å². The number of halogens is 1. The molecule has 170 valence electrons. The number of carbonyl (C=O) groups is 1. The second kappa shape index (κ2) is 12.6. The quantitative estimate of drug-likeness (QED) is 0.184.